The van der Waals surface area contributed by atoms with Crippen LogP contribution in [0.1, 0.15) is 212 Å². The number of ether oxygens (including phenoxy) is 1. The van der Waals surface area contributed by atoms with Crippen LogP contribution in [0.4, 0.5) is 0 Å². The maximum atomic E-state index is 15.9. The van der Waals surface area contributed by atoms with Crippen molar-refractivity contribution in [2.45, 2.75) is 284 Å². The highest BCUT2D eigenvalue weighted by atomic mass is 16.5. The highest BCUT2D eigenvalue weighted by Crippen LogP contribution is 2.36. The van der Waals surface area contributed by atoms with Gasteiger partial charge < -0.3 is 75.6 Å². The third-order valence-corrected chi connectivity index (χ3v) is 22.4. The van der Waals surface area contributed by atoms with Crippen LogP contribution in [0.3, 0.4) is 0 Å². The van der Waals surface area contributed by atoms with E-state index in [9.17, 15) is 33.9 Å². The number of carbonyl (C=O) groups excluding carboxylic acids is 13. The first kappa shape index (κ1) is 90.4. The third kappa shape index (κ3) is 25.3. The molecule has 2 aliphatic carbocycles. The molecule has 2 heterocycles. The van der Waals surface area contributed by atoms with Gasteiger partial charge in [-0.2, -0.15) is 0 Å². The second kappa shape index (κ2) is 42.5. The Kier molecular flexibility index (Phi) is 36.6. The van der Waals surface area contributed by atoms with Crippen LogP contribution in [0.5, 0.6) is 0 Å². The number of nitrogens with zero attached hydrogens (tertiary/aromatic N) is 8. The number of methoxy groups -OCH3 is 1. The van der Waals surface area contributed by atoms with E-state index in [4.69, 9.17) is 4.74 Å². The van der Waals surface area contributed by atoms with Gasteiger partial charge in [-0.25, -0.2) is 0 Å². The molecule has 3 unspecified atom stereocenters. The van der Waals surface area contributed by atoms with E-state index in [0.29, 0.717) is 45.2 Å². The van der Waals surface area contributed by atoms with Crippen molar-refractivity contribution < 1.29 is 72.2 Å². The van der Waals surface area contributed by atoms with Gasteiger partial charge in [0.15, 0.2) is 0 Å². The molecule has 0 aromatic rings. The van der Waals surface area contributed by atoms with Crippen molar-refractivity contribution in [3.8, 4) is 0 Å². The number of likely N-dealkylation sites (tertiary alicyclic amines) is 1. The Labute approximate surface area is 626 Å². The van der Waals surface area contributed by atoms with E-state index in [1.807, 2.05) is 62.3 Å². The maximum absolute atomic E-state index is 15.9. The molecular formula is C77H135N13O15. The van der Waals surface area contributed by atoms with Gasteiger partial charge in [0.25, 0.3) is 0 Å². The summed E-state index contributed by atoms with van der Waals surface area (Å²) >= 11 is 0. The Bertz CT molecular complexity index is 2940. The second-order valence-electron chi connectivity index (χ2n) is 32.5. The fourth-order valence-electron chi connectivity index (χ4n) is 15.7. The molecule has 28 heteroatoms. The normalized spacial score (nSPS) is 28.8. The summed E-state index contributed by atoms with van der Waals surface area (Å²) in [5, 5.41) is 25.6. The molecule has 4 fully saturated rings. The van der Waals surface area contributed by atoms with Crippen molar-refractivity contribution in [2.24, 2.45) is 47.3 Å². The number of carbonyl (C=O) groups is 13. The van der Waals surface area contributed by atoms with Gasteiger partial charge in [-0.05, 0) is 132 Å². The van der Waals surface area contributed by atoms with Gasteiger partial charge in [-0.3, -0.25) is 62.3 Å². The summed E-state index contributed by atoms with van der Waals surface area (Å²) in [6, 6.07) is -13.1. The first-order chi connectivity index (χ1) is 49.3. The highest BCUT2D eigenvalue weighted by molar-refractivity contribution is 6.00. The molecule has 0 aromatic heterocycles. The largest absolute Gasteiger partial charge is 0.391 e. The zero-order chi connectivity index (χ0) is 79.2. The minimum absolute atomic E-state index is 0.00388. The molecule has 2 aliphatic heterocycles. The zero-order valence-corrected chi connectivity index (χ0v) is 67.6. The Morgan fingerprint density at radius 2 is 0.990 bits per heavy atom. The van der Waals surface area contributed by atoms with Crippen molar-refractivity contribution in [3.63, 3.8) is 0 Å². The predicted molar refractivity (Wildman–Crippen MR) is 401 cm³/mol. The average Bonchev–Trinajstić information content (AvgIpc) is 0.809. The molecule has 105 heavy (non-hydrogen) atoms. The summed E-state index contributed by atoms with van der Waals surface area (Å²) in [4.78, 5) is 205. The molecule has 4 aliphatic rings. The molecule has 4 rings (SSSR count). The van der Waals surface area contributed by atoms with Crippen molar-refractivity contribution in [1.29, 1.82) is 0 Å². The van der Waals surface area contributed by atoms with E-state index in [0.717, 1.165) is 48.3 Å². The lowest BCUT2D eigenvalue weighted by molar-refractivity contribution is -0.152. The van der Waals surface area contributed by atoms with Crippen LogP contribution in [0.2, 0.25) is 0 Å². The summed E-state index contributed by atoms with van der Waals surface area (Å²) in [6.45, 7) is 21.6. The number of piperidine rings is 1. The van der Waals surface area contributed by atoms with Gasteiger partial charge in [-0.15, -0.1) is 0 Å². The van der Waals surface area contributed by atoms with E-state index in [1.165, 1.54) is 94.9 Å². The lowest BCUT2D eigenvalue weighted by Gasteiger charge is -2.40. The van der Waals surface area contributed by atoms with E-state index in [1.54, 1.807) is 18.7 Å². The Balaban J connectivity index is 2.02. The van der Waals surface area contributed by atoms with Crippen LogP contribution >= 0.6 is 0 Å². The van der Waals surface area contributed by atoms with Crippen LogP contribution in [0.15, 0.2) is 0 Å². The summed E-state index contributed by atoms with van der Waals surface area (Å²) < 4.78 is 5.80. The maximum Gasteiger partial charge on any atom is 0.248 e. The zero-order valence-electron chi connectivity index (χ0n) is 67.6. The highest BCUT2D eigenvalue weighted by Gasteiger charge is 2.46. The summed E-state index contributed by atoms with van der Waals surface area (Å²) in [5.41, 5.74) is 0. The van der Waals surface area contributed by atoms with Crippen molar-refractivity contribution in [1.82, 2.24) is 65.8 Å². The van der Waals surface area contributed by atoms with Crippen molar-refractivity contribution in [2.75, 3.05) is 83.1 Å². The van der Waals surface area contributed by atoms with Crippen LogP contribution < -0.4 is 26.6 Å². The standard InChI is InChI=1S/C77H135N13O15/c1-22-49(11)66-71(98)82-65(50(12)91)77(104)83(14)44-64(93)84(15)57(23-2)68(95)81-56(74(101)90-34-28-25-29-35-90)43-63(92)85(16)58(37-46(5)6)69(96)80-55(41-52-32-33-62(105-21)53(40-52)67(94)78-13)73(100)87(18)60(38-47(7)8)75(102)86(17)59(42-51-30-26-24-27-31-51)70(97)79-54(36-45(3)4)72(99)88(19)61(39-48(9)10)76(103)89(66)20/h45-62,65-66,91H,22-44H2,1-21H3,(H,78,94)(H,79,97)(H,80,96)(H,81,95)(H,82,98)/t49-,50+,52?,53?,54-,55-,56-,57-,58-,59-,60-,61-,62?,65-,66-/m0/s1. The van der Waals surface area contributed by atoms with E-state index in [-0.39, 0.29) is 92.8 Å². The summed E-state index contributed by atoms with van der Waals surface area (Å²) in [6.07, 6.45) is 6.25. The lowest BCUT2D eigenvalue weighted by Crippen LogP contribution is -2.62. The fourth-order valence-corrected chi connectivity index (χ4v) is 15.7. The van der Waals surface area contributed by atoms with E-state index in [2.05, 4.69) is 26.6 Å². The van der Waals surface area contributed by atoms with E-state index >= 15 is 33.6 Å². The monoisotopic (exact) mass is 1480 g/mol. The molecule has 6 N–H and O–H groups in total. The number of likely N-dealkylation sites (N-methyl/N-ethyl adjacent to an activating group) is 7. The molecule has 2 saturated heterocycles. The molecule has 0 aromatic carbocycles. The third-order valence-electron chi connectivity index (χ3n) is 22.4. The van der Waals surface area contributed by atoms with Gasteiger partial charge >= 0.3 is 0 Å². The van der Waals surface area contributed by atoms with Crippen molar-refractivity contribution >= 4 is 76.8 Å². The molecule has 0 bridgehead atoms. The summed E-state index contributed by atoms with van der Waals surface area (Å²) in [7, 11) is 13.1. The van der Waals surface area contributed by atoms with Gasteiger partial charge in [-0.1, -0.05) is 115 Å². The SMILES string of the molecule is CC[C@H](C)[C@H]1C(=O)N[C@@H]([C@@H](C)O)C(=O)N(C)CC(=O)N(C)[C@@H](CC)C(=O)N[C@H](C(=O)N2CCCCC2)CC(=O)N(C)[C@@H](CC(C)C)C(=O)N[C@@H](CC2CCC(OC)C(C(=O)NC)C2)C(=O)N(C)[C@@H](CC(C)C)C(=O)N(C)[C@@H](CC2CCCCC2)C(=O)N[C@@H](CC(C)C)C(=O)N(C)[C@@H](CC(C)C)C(=O)N1C. The molecule has 2 saturated carbocycles. The molecule has 598 valence electrons. The van der Waals surface area contributed by atoms with Crippen LogP contribution in [0, 0.1) is 47.3 Å². The Morgan fingerprint density at radius 1 is 0.505 bits per heavy atom. The lowest BCUT2D eigenvalue weighted by atomic mass is 9.76. The molecule has 13 amide bonds. The number of hydrogen-bond acceptors (Lipinski definition) is 15. The molecule has 0 radical (unpaired) electrons. The predicted octanol–water partition coefficient (Wildman–Crippen LogP) is 4.32. The van der Waals surface area contributed by atoms with Crippen LogP contribution in [-0.2, 0) is 67.1 Å². The number of rotatable bonds is 19. The number of aliphatic hydroxyl groups is 1. The number of amides is 13. The van der Waals surface area contributed by atoms with E-state index < -0.39 is 168 Å². The van der Waals surface area contributed by atoms with Crippen LogP contribution in [0.25, 0.3) is 0 Å². The average molecular weight is 1480 g/mol. The fraction of sp³-hybridized carbons (Fsp3) is 0.831. The number of nitrogens with one attached hydrogen (secondary N) is 5. The van der Waals surface area contributed by atoms with Gasteiger partial charge in [0.1, 0.15) is 60.4 Å². The minimum atomic E-state index is -1.65. The quantitative estimate of drug-likeness (QED) is 0.105. The number of hydrogen-bond donors (Lipinski definition) is 6. The molecular weight excluding hydrogens is 1350 g/mol. The molecule has 15 atom stereocenters. The topological polar surface area (TPSA) is 337 Å². The number of aliphatic hydroxyl groups excluding tert-OH is 1. The first-order valence-electron chi connectivity index (χ1n) is 39.0. The summed E-state index contributed by atoms with van der Waals surface area (Å²) in [5.74, 6) is -10.8. The Morgan fingerprint density at radius 3 is 1.50 bits per heavy atom. The first-order valence-corrected chi connectivity index (χ1v) is 39.0. The van der Waals surface area contributed by atoms with Crippen molar-refractivity contribution in [3.05, 3.63) is 0 Å². The smallest absolute Gasteiger partial charge is 0.248 e. The molecule has 28 nitrogen and oxygen atoms in total. The van der Waals surface area contributed by atoms with Gasteiger partial charge in [0.2, 0.25) is 76.8 Å². The van der Waals surface area contributed by atoms with Gasteiger partial charge in [0.05, 0.1) is 31.1 Å². The second-order valence-corrected chi connectivity index (χ2v) is 32.5. The molecule has 0 spiro atoms. The Hall–Kier alpha value is -6.97. The van der Waals surface area contributed by atoms with Crippen LogP contribution in [-0.4, -0.2) is 277 Å². The van der Waals surface area contributed by atoms with Gasteiger partial charge in [0, 0.05) is 76.6 Å². The minimum Gasteiger partial charge on any atom is -0.391 e.